The fraction of sp³-hybridized carbons (Fsp3) is 0.520. The summed E-state index contributed by atoms with van der Waals surface area (Å²) in [5, 5.41) is 12.3. The molecule has 7 heteroatoms. The van der Waals surface area contributed by atoms with E-state index in [1.54, 1.807) is 12.1 Å². The van der Waals surface area contributed by atoms with E-state index in [4.69, 9.17) is 9.29 Å². The van der Waals surface area contributed by atoms with Crippen LogP contribution >= 0.6 is 0 Å². The summed E-state index contributed by atoms with van der Waals surface area (Å²) in [6.45, 7) is 2.25. The summed E-state index contributed by atoms with van der Waals surface area (Å²) in [5.41, 5.74) is 1.01. The van der Waals surface area contributed by atoms with Crippen LogP contribution < -0.4 is 61.2 Å². The van der Waals surface area contributed by atoms with E-state index in [1.165, 1.54) is 88.5 Å². The molecule has 0 radical (unpaired) electrons. The van der Waals surface area contributed by atoms with Gasteiger partial charge in [-0.25, -0.2) is 0 Å². The molecule has 0 saturated carbocycles. The average molecular weight is 487 g/mol. The zero-order valence-corrected chi connectivity index (χ0v) is 23.5. The van der Waals surface area contributed by atoms with Crippen molar-refractivity contribution < 1.29 is 74.2 Å². The van der Waals surface area contributed by atoms with Gasteiger partial charge in [0.05, 0.1) is 4.90 Å². The molecule has 2 aromatic carbocycles. The second-order valence-electron chi connectivity index (χ2n) is 8.12. The number of hydrogen-bond donors (Lipinski definition) is 1. The number of rotatable bonds is 15. The van der Waals surface area contributed by atoms with Crippen LogP contribution in [0, 0.1) is 0 Å². The summed E-state index contributed by atoms with van der Waals surface area (Å²) in [6, 6.07) is 10.4. The van der Waals surface area contributed by atoms with Crippen molar-refractivity contribution in [1.29, 1.82) is 0 Å². The number of hydrogen-bond acceptors (Lipinski definition) is 4. The average Bonchev–Trinajstić information content (AvgIpc) is 2.73. The molecule has 2 rings (SSSR count). The second kappa shape index (κ2) is 16.3. The molecule has 0 unspecified atom stereocenters. The van der Waals surface area contributed by atoms with Gasteiger partial charge < -0.3 is 9.84 Å². The Morgan fingerprint density at radius 2 is 1.34 bits per heavy atom. The molecule has 32 heavy (non-hydrogen) atoms. The molecule has 0 heterocycles. The SMILES string of the molecule is CCCCCCCCCCCCCc1ccc(Oc2ccc(S(=O)(=O)O)cc2)c([O-])c1.[K+]. The van der Waals surface area contributed by atoms with E-state index >= 15 is 0 Å². The third-order valence-corrected chi connectivity index (χ3v) is 6.29. The van der Waals surface area contributed by atoms with Crippen LogP contribution in [0.15, 0.2) is 47.4 Å². The minimum Gasteiger partial charge on any atom is -0.870 e. The van der Waals surface area contributed by atoms with Crippen LogP contribution in [0.1, 0.15) is 83.1 Å². The molecule has 0 spiro atoms. The predicted molar refractivity (Wildman–Crippen MR) is 122 cm³/mol. The van der Waals surface area contributed by atoms with Gasteiger partial charge in [-0.2, -0.15) is 8.42 Å². The van der Waals surface area contributed by atoms with E-state index in [-0.39, 0.29) is 67.8 Å². The third kappa shape index (κ3) is 11.6. The van der Waals surface area contributed by atoms with Gasteiger partial charge in [0, 0.05) is 0 Å². The summed E-state index contributed by atoms with van der Waals surface area (Å²) in [6.07, 6.45) is 15.2. The number of unbranched alkanes of at least 4 members (excludes halogenated alkanes) is 10. The van der Waals surface area contributed by atoms with Gasteiger partial charge in [-0.15, -0.1) is 0 Å². The molecule has 0 aromatic heterocycles. The van der Waals surface area contributed by atoms with Crippen molar-refractivity contribution in [3.05, 3.63) is 48.0 Å². The Morgan fingerprint density at radius 1 is 0.812 bits per heavy atom. The van der Waals surface area contributed by atoms with Crippen LogP contribution in [0.3, 0.4) is 0 Å². The van der Waals surface area contributed by atoms with Crippen molar-refractivity contribution in [2.24, 2.45) is 0 Å². The Kier molecular flexibility index (Phi) is 15.0. The van der Waals surface area contributed by atoms with Crippen LogP contribution in [-0.2, 0) is 16.5 Å². The molecule has 5 nitrogen and oxygen atoms in total. The molecular weight excluding hydrogens is 451 g/mol. The molecule has 0 fully saturated rings. The predicted octanol–water partition coefficient (Wildman–Crippen LogP) is 3.66. The van der Waals surface area contributed by atoms with E-state index in [0.29, 0.717) is 5.75 Å². The first kappa shape index (κ1) is 29.6. The smallest absolute Gasteiger partial charge is 0.870 e. The van der Waals surface area contributed by atoms with Gasteiger partial charge in [0.25, 0.3) is 10.1 Å². The van der Waals surface area contributed by atoms with Crippen molar-refractivity contribution in [1.82, 2.24) is 0 Å². The number of aryl methyl sites for hydroxylation is 1. The first-order valence-electron chi connectivity index (χ1n) is 11.5. The molecule has 172 valence electrons. The maximum Gasteiger partial charge on any atom is 1.00 e. The van der Waals surface area contributed by atoms with Crippen molar-refractivity contribution in [3.8, 4) is 17.2 Å². The molecule has 0 atom stereocenters. The molecule has 0 aliphatic heterocycles. The van der Waals surface area contributed by atoms with Crippen LogP contribution in [0.5, 0.6) is 17.2 Å². The van der Waals surface area contributed by atoms with Crippen LogP contribution in [0.25, 0.3) is 0 Å². The number of ether oxygens (including phenoxy) is 1. The van der Waals surface area contributed by atoms with Gasteiger partial charge in [0.2, 0.25) is 0 Å². The maximum atomic E-state index is 12.3. The molecule has 0 saturated heterocycles. The summed E-state index contributed by atoms with van der Waals surface area (Å²) in [7, 11) is -4.25. The van der Waals surface area contributed by atoms with Crippen molar-refractivity contribution in [2.45, 2.75) is 88.9 Å². The van der Waals surface area contributed by atoms with Gasteiger partial charge in [-0.05, 0) is 48.7 Å². The maximum absolute atomic E-state index is 12.3. The van der Waals surface area contributed by atoms with E-state index in [2.05, 4.69) is 6.92 Å². The molecule has 0 amide bonds. The van der Waals surface area contributed by atoms with Crippen LogP contribution in [-0.4, -0.2) is 13.0 Å². The second-order valence-corrected chi connectivity index (χ2v) is 9.54. The van der Waals surface area contributed by atoms with E-state index in [0.717, 1.165) is 18.4 Å². The quantitative estimate of drug-likeness (QED) is 0.236. The Bertz CT molecular complexity index is 882. The van der Waals surface area contributed by atoms with E-state index < -0.39 is 10.1 Å². The van der Waals surface area contributed by atoms with Crippen molar-refractivity contribution in [2.75, 3.05) is 0 Å². The molecule has 0 aliphatic carbocycles. The van der Waals surface area contributed by atoms with Crippen molar-refractivity contribution in [3.63, 3.8) is 0 Å². The van der Waals surface area contributed by atoms with Gasteiger partial charge in [0.1, 0.15) is 11.5 Å². The van der Waals surface area contributed by atoms with E-state index in [1.807, 2.05) is 6.07 Å². The topological polar surface area (TPSA) is 86.7 Å². The Hall–Kier alpha value is -0.414. The standard InChI is InChI=1S/C25H36O5S.K/c1-2-3-4-5-6-7-8-9-10-11-12-13-21-14-19-25(24(26)20-21)30-22-15-17-23(18-16-22)31(27,28)29;/h14-20,26H,2-13H2,1H3,(H,27,28,29);/q;+1/p-1. The fourth-order valence-electron chi connectivity index (χ4n) is 3.59. The molecular formula is C25H35KO5S. The zero-order valence-electron chi connectivity index (χ0n) is 19.5. The summed E-state index contributed by atoms with van der Waals surface area (Å²) < 4.78 is 36.7. The Morgan fingerprint density at radius 3 is 1.84 bits per heavy atom. The first-order valence-corrected chi connectivity index (χ1v) is 12.9. The first-order chi connectivity index (χ1) is 14.9. The van der Waals surface area contributed by atoms with Crippen LogP contribution in [0.4, 0.5) is 0 Å². The third-order valence-electron chi connectivity index (χ3n) is 5.43. The van der Waals surface area contributed by atoms with Gasteiger partial charge in [0.15, 0.2) is 0 Å². The summed E-state index contributed by atoms with van der Waals surface area (Å²) in [4.78, 5) is -0.218. The minimum absolute atomic E-state index is 0. The molecule has 0 bridgehead atoms. The zero-order chi connectivity index (χ0) is 22.5. The van der Waals surface area contributed by atoms with Crippen LogP contribution in [0.2, 0.25) is 0 Å². The van der Waals surface area contributed by atoms with Gasteiger partial charge in [-0.3, -0.25) is 4.55 Å². The molecule has 1 N–H and O–H groups in total. The van der Waals surface area contributed by atoms with Gasteiger partial charge in [-0.1, -0.05) is 89.0 Å². The van der Waals surface area contributed by atoms with E-state index in [9.17, 15) is 13.5 Å². The van der Waals surface area contributed by atoms with Crippen molar-refractivity contribution >= 4 is 10.1 Å². The summed E-state index contributed by atoms with van der Waals surface area (Å²) in [5.74, 6) is 0.337. The molecule has 0 aliphatic rings. The normalized spacial score (nSPS) is 11.2. The Balaban J connectivity index is 0.00000512. The largest absolute Gasteiger partial charge is 1.00 e. The monoisotopic (exact) mass is 486 g/mol. The fourth-order valence-corrected chi connectivity index (χ4v) is 4.07. The van der Waals surface area contributed by atoms with Gasteiger partial charge >= 0.3 is 51.4 Å². The number of benzene rings is 2. The Labute approximate surface area is 236 Å². The minimum atomic E-state index is -4.25. The summed E-state index contributed by atoms with van der Waals surface area (Å²) >= 11 is 0. The molecule has 2 aromatic rings.